The Balaban J connectivity index is 2.19. The largest absolute Gasteiger partial charge is 0.507 e. The van der Waals surface area contributed by atoms with E-state index in [2.05, 4.69) is 0 Å². The summed E-state index contributed by atoms with van der Waals surface area (Å²) in [5.74, 6) is -1.56. The zero-order valence-electron chi connectivity index (χ0n) is 12.9. The molecule has 0 radical (unpaired) electrons. The second-order valence-corrected chi connectivity index (χ2v) is 5.33. The third kappa shape index (κ3) is 2.60. The van der Waals surface area contributed by atoms with Crippen LogP contribution in [-0.4, -0.2) is 15.5 Å². The Labute approximate surface area is 137 Å². The molecule has 0 aliphatic carbocycles. The van der Waals surface area contributed by atoms with Gasteiger partial charge in [0.15, 0.2) is 0 Å². The minimum absolute atomic E-state index is 0.172. The van der Waals surface area contributed by atoms with Gasteiger partial charge in [-0.15, -0.1) is 0 Å². The van der Waals surface area contributed by atoms with E-state index in [1.807, 2.05) is 0 Å². The van der Waals surface area contributed by atoms with Crippen LogP contribution in [0.2, 0.25) is 0 Å². The van der Waals surface area contributed by atoms with Crippen molar-refractivity contribution in [1.29, 1.82) is 0 Å². The molecule has 2 aromatic carbocycles. The number of nitrogens with zero attached hydrogens (tertiary/aromatic N) is 1. The summed E-state index contributed by atoms with van der Waals surface area (Å²) in [5.41, 5.74) is -0.347. The highest BCUT2D eigenvalue weighted by Gasteiger charge is 2.21. The number of benzene rings is 2. The summed E-state index contributed by atoms with van der Waals surface area (Å²) in [6, 6.07) is 15.4. The van der Waals surface area contributed by atoms with Crippen molar-refractivity contribution in [3.8, 4) is 17.0 Å². The molecule has 1 aromatic heterocycles. The van der Waals surface area contributed by atoms with E-state index in [4.69, 9.17) is 0 Å². The summed E-state index contributed by atoms with van der Waals surface area (Å²) < 4.78 is 15.1. The van der Waals surface area contributed by atoms with Gasteiger partial charge < -0.3 is 9.67 Å². The molecule has 0 unspecified atom stereocenters. The second-order valence-electron chi connectivity index (χ2n) is 5.33. The van der Waals surface area contributed by atoms with Crippen LogP contribution in [0.1, 0.15) is 15.9 Å². The van der Waals surface area contributed by atoms with Crippen LogP contribution >= 0.6 is 0 Å². The third-order valence-corrected chi connectivity index (χ3v) is 3.82. The first-order chi connectivity index (χ1) is 11.5. The lowest BCUT2D eigenvalue weighted by Crippen LogP contribution is -2.26. The van der Waals surface area contributed by atoms with Gasteiger partial charge in [-0.05, 0) is 12.1 Å². The zero-order valence-corrected chi connectivity index (χ0v) is 12.9. The maximum absolute atomic E-state index is 14.0. The zero-order chi connectivity index (χ0) is 17.3. The number of hydrogen-bond acceptors (Lipinski definition) is 3. The monoisotopic (exact) mass is 323 g/mol. The van der Waals surface area contributed by atoms with Crippen LogP contribution in [0.5, 0.6) is 5.75 Å². The summed E-state index contributed by atoms with van der Waals surface area (Å²) in [5, 5.41) is 10.2. The Morgan fingerprint density at radius 1 is 1.04 bits per heavy atom. The van der Waals surface area contributed by atoms with Crippen LogP contribution in [0.15, 0.2) is 65.5 Å². The Bertz CT molecular complexity index is 978. The van der Waals surface area contributed by atoms with Crippen LogP contribution in [0.4, 0.5) is 4.39 Å². The van der Waals surface area contributed by atoms with Crippen LogP contribution in [0.3, 0.4) is 0 Å². The van der Waals surface area contributed by atoms with Gasteiger partial charge in [0.2, 0.25) is 5.78 Å². The van der Waals surface area contributed by atoms with Crippen LogP contribution in [0, 0.1) is 5.82 Å². The molecule has 0 amide bonds. The Kier molecular flexibility index (Phi) is 4.00. The molecule has 0 aliphatic rings. The Hall–Kier alpha value is -3.21. The Morgan fingerprint density at radius 2 is 1.67 bits per heavy atom. The van der Waals surface area contributed by atoms with Crippen LogP contribution in [0.25, 0.3) is 11.3 Å². The summed E-state index contributed by atoms with van der Waals surface area (Å²) in [7, 11) is 1.44. The summed E-state index contributed by atoms with van der Waals surface area (Å²) in [4.78, 5) is 25.1. The van der Waals surface area contributed by atoms with E-state index in [0.29, 0.717) is 5.56 Å². The van der Waals surface area contributed by atoms with E-state index in [9.17, 15) is 19.1 Å². The van der Waals surface area contributed by atoms with Gasteiger partial charge in [-0.2, -0.15) is 0 Å². The molecule has 4 nitrogen and oxygen atoms in total. The molecule has 120 valence electrons. The van der Waals surface area contributed by atoms with E-state index >= 15 is 0 Å². The molecule has 0 fully saturated rings. The summed E-state index contributed by atoms with van der Waals surface area (Å²) in [6.45, 7) is 0. The molecular formula is C19H14FNO3. The minimum atomic E-state index is -0.679. The maximum atomic E-state index is 14.0. The second kappa shape index (κ2) is 6.12. The maximum Gasteiger partial charge on any atom is 0.265 e. The molecule has 3 rings (SSSR count). The SMILES string of the molecule is Cn1c(-c2ccccc2F)cc(O)c(C(=O)c2ccccc2)c1=O. The fourth-order valence-corrected chi connectivity index (χ4v) is 2.56. The number of carbonyl (C=O) groups is 1. The molecule has 1 N–H and O–H groups in total. The highest BCUT2D eigenvalue weighted by molar-refractivity contribution is 6.10. The van der Waals surface area contributed by atoms with E-state index < -0.39 is 22.9 Å². The Morgan fingerprint density at radius 3 is 2.33 bits per heavy atom. The molecule has 0 atom stereocenters. The number of aromatic nitrogens is 1. The summed E-state index contributed by atoms with van der Waals surface area (Å²) >= 11 is 0. The molecule has 0 aliphatic heterocycles. The molecule has 24 heavy (non-hydrogen) atoms. The lowest BCUT2D eigenvalue weighted by molar-refractivity contribution is 0.103. The van der Waals surface area contributed by atoms with Gasteiger partial charge >= 0.3 is 0 Å². The number of ketones is 1. The van der Waals surface area contributed by atoms with Gasteiger partial charge in [0, 0.05) is 24.2 Å². The molecule has 1 heterocycles. The van der Waals surface area contributed by atoms with Crippen molar-refractivity contribution in [3.63, 3.8) is 0 Å². The average Bonchev–Trinajstić information content (AvgIpc) is 2.59. The normalized spacial score (nSPS) is 10.6. The molecule has 0 spiro atoms. The van der Waals surface area contributed by atoms with Gasteiger partial charge in [-0.1, -0.05) is 42.5 Å². The lowest BCUT2D eigenvalue weighted by atomic mass is 10.0. The number of halogens is 1. The van der Waals surface area contributed by atoms with Crippen molar-refractivity contribution in [2.24, 2.45) is 7.05 Å². The molecule has 0 bridgehead atoms. The molecule has 0 saturated carbocycles. The standard InChI is InChI=1S/C19H14FNO3/c1-21-15(13-9-5-6-10-14(13)20)11-16(22)17(19(21)24)18(23)12-7-3-2-4-8-12/h2-11,22H,1H3. The smallest absolute Gasteiger partial charge is 0.265 e. The lowest BCUT2D eigenvalue weighted by Gasteiger charge is -2.12. The molecule has 0 saturated heterocycles. The quantitative estimate of drug-likeness (QED) is 0.753. The molecule has 5 heteroatoms. The fourth-order valence-electron chi connectivity index (χ4n) is 2.56. The van der Waals surface area contributed by atoms with Crippen LogP contribution in [-0.2, 0) is 7.05 Å². The van der Waals surface area contributed by atoms with Crippen molar-refractivity contribution < 1.29 is 14.3 Å². The highest BCUT2D eigenvalue weighted by atomic mass is 19.1. The van der Waals surface area contributed by atoms with Gasteiger partial charge in [0.25, 0.3) is 5.56 Å². The van der Waals surface area contributed by atoms with Gasteiger partial charge in [-0.25, -0.2) is 4.39 Å². The first kappa shape index (κ1) is 15.7. The van der Waals surface area contributed by atoms with Gasteiger partial charge in [0.05, 0.1) is 5.69 Å². The average molecular weight is 323 g/mol. The number of rotatable bonds is 3. The van der Waals surface area contributed by atoms with Crippen molar-refractivity contribution in [2.75, 3.05) is 0 Å². The number of hydrogen-bond donors (Lipinski definition) is 1. The minimum Gasteiger partial charge on any atom is -0.507 e. The van der Waals surface area contributed by atoms with Crippen molar-refractivity contribution in [1.82, 2.24) is 4.57 Å². The topological polar surface area (TPSA) is 59.3 Å². The van der Waals surface area contributed by atoms with Crippen molar-refractivity contribution in [3.05, 3.63) is 88.0 Å². The first-order valence-electron chi connectivity index (χ1n) is 7.28. The number of carbonyl (C=O) groups excluding carboxylic acids is 1. The number of pyridine rings is 1. The van der Waals surface area contributed by atoms with Crippen molar-refractivity contribution in [2.45, 2.75) is 0 Å². The van der Waals surface area contributed by atoms with Gasteiger partial charge in [-0.3, -0.25) is 9.59 Å². The fraction of sp³-hybridized carbons (Fsp3) is 0.0526. The highest BCUT2D eigenvalue weighted by Crippen LogP contribution is 2.26. The van der Waals surface area contributed by atoms with Crippen LogP contribution < -0.4 is 5.56 Å². The van der Waals surface area contributed by atoms with E-state index in [-0.39, 0.29) is 16.8 Å². The number of aromatic hydroxyl groups is 1. The molecule has 3 aromatic rings. The predicted molar refractivity (Wildman–Crippen MR) is 88.6 cm³/mol. The van der Waals surface area contributed by atoms with Crippen molar-refractivity contribution >= 4 is 5.78 Å². The molecular weight excluding hydrogens is 309 g/mol. The van der Waals surface area contributed by atoms with E-state index in [0.717, 1.165) is 4.57 Å². The van der Waals surface area contributed by atoms with E-state index in [1.165, 1.54) is 31.3 Å². The van der Waals surface area contributed by atoms with Gasteiger partial charge in [0.1, 0.15) is 17.1 Å². The first-order valence-corrected chi connectivity index (χ1v) is 7.28. The third-order valence-electron chi connectivity index (χ3n) is 3.82. The van der Waals surface area contributed by atoms with E-state index in [1.54, 1.807) is 36.4 Å². The predicted octanol–water partition coefficient (Wildman–Crippen LogP) is 3.13. The summed E-state index contributed by atoms with van der Waals surface area (Å²) in [6.07, 6.45) is 0.